The van der Waals surface area contributed by atoms with Crippen molar-refractivity contribution >= 4 is 135 Å². The van der Waals surface area contributed by atoms with Crippen LogP contribution in [0.4, 0.5) is 29.1 Å². The van der Waals surface area contributed by atoms with Crippen molar-refractivity contribution in [2.75, 3.05) is 149 Å². The molecule has 604 valence electrons. The minimum atomic E-state index is -4.26. The molecule has 0 saturated heterocycles. The van der Waals surface area contributed by atoms with E-state index >= 15 is 0 Å². The quantitative estimate of drug-likeness (QED) is 0.0104. The summed E-state index contributed by atoms with van der Waals surface area (Å²) in [6.45, 7) is 18.3. The molecule has 10 rings (SSSR count). The van der Waals surface area contributed by atoms with E-state index in [9.17, 15) is 18.5 Å². The Hall–Kier alpha value is -8.31. The molecular formula is C58H92BrClN25O21P3. The SMILES string of the molecule is COCCOc1nc(N)c2[nH]c(=O)n(CCOCP(=O)(O)O)c2n1.COCCOc1nc(N)c2[nH]cnc2n1.COCCOc1nc(N)c2nc(Br)n(CCOCP(=O)(OC(C)C)OC(C)C)c2n1.COCCOc1nc(N)c2ncn(CCOCP(=O)(OC(C)C)OC(C)C)c2n1.Nc1nc(Cl)nc2nc[nH]c12. The topological polar surface area (TPSA) is 620 Å². The van der Waals surface area contributed by atoms with E-state index in [4.69, 9.17) is 120 Å². The summed E-state index contributed by atoms with van der Waals surface area (Å²) in [5.41, 5.74) is 33.0. The normalized spacial score (nSPS) is 11.9. The molecule has 0 bridgehead atoms. The Morgan fingerprint density at radius 3 is 1.32 bits per heavy atom. The van der Waals surface area contributed by atoms with Crippen LogP contribution < -0.4 is 53.3 Å². The van der Waals surface area contributed by atoms with Crippen LogP contribution in [0.3, 0.4) is 0 Å². The van der Waals surface area contributed by atoms with Crippen LogP contribution in [0.15, 0.2) is 28.5 Å². The highest BCUT2D eigenvalue weighted by atomic mass is 79.9. The summed E-state index contributed by atoms with van der Waals surface area (Å²) < 4.78 is 120. The Morgan fingerprint density at radius 1 is 0.459 bits per heavy atom. The fourth-order valence-electron chi connectivity index (χ4n) is 8.77. The average Bonchev–Trinajstić information content (AvgIpc) is 1.66. The number of imidazole rings is 5. The molecule has 0 unspecified atom stereocenters. The van der Waals surface area contributed by atoms with Crippen molar-refractivity contribution in [2.24, 2.45) is 0 Å². The van der Waals surface area contributed by atoms with Crippen molar-refractivity contribution in [2.45, 2.75) is 99.4 Å². The van der Waals surface area contributed by atoms with Crippen molar-refractivity contribution in [1.82, 2.24) is 98.4 Å². The first kappa shape index (κ1) is 89.6. The minimum Gasteiger partial charge on any atom is -0.461 e. The number of halogens is 2. The number of aromatic nitrogens is 20. The third kappa shape index (κ3) is 29.1. The molecule has 51 heteroatoms. The molecule has 15 N–H and O–H groups in total. The van der Waals surface area contributed by atoms with Crippen LogP contribution >= 0.6 is 50.3 Å². The van der Waals surface area contributed by atoms with Crippen molar-refractivity contribution in [3.05, 3.63) is 39.5 Å². The van der Waals surface area contributed by atoms with Gasteiger partial charge < -0.3 is 133 Å². The van der Waals surface area contributed by atoms with E-state index in [0.29, 0.717) is 120 Å². The summed E-state index contributed by atoms with van der Waals surface area (Å²) >= 11 is 8.92. The van der Waals surface area contributed by atoms with E-state index in [2.05, 4.69) is 101 Å². The number of methoxy groups -OCH3 is 4. The lowest BCUT2D eigenvalue weighted by atomic mass is 10.5. The number of nitrogens with zero attached hydrogens (tertiary/aromatic N) is 17. The van der Waals surface area contributed by atoms with E-state index in [1.807, 2.05) is 0 Å². The summed E-state index contributed by atoms with van der Waals surface area (Å²) in [5, 5.41) is 0.113. The second kappa shape index (κ2) is 43.9. The standard InChI is InChI=1S/C17H29BrN5O6P.C17H30N5O6P.C11H18N5O7P.C8H11N5O2.C5H4ClN5/c1-11(2)28-30(24,29-12(3)4)10-26-7-6-23-15-13(20-16(23)18)14(19)21-17(22-15)27-9-8-25-5;1-12(2)27-29(23,28-13(3)4)11-25-7-6-22-10-19-14-15(18)20-17(21-16(14)22)26-9-8-24-5;1-21-4-5-23-10-14-8(12)7-9(15-10)16(11(17)13-7)2-3-22-6-24(18,19)20;1-14-2-3-15-8-12-6(9)5-7(13-8)11-4-10-5;6-5-10-3(7)2-4(11-5)9-1-8-2/h11-12H,6-10H2,1-5H3,(H2,19,21,22);10,12-13H,6-9,11H2,1-5H3,(H2,18,20,21);2-6H2,1H3,(H,13,17)(H2,12,14,15)(H2,18,19,20);4H,2-3H2,1H3,(H3,9,10,11,12,13);1H,(H3,7,8,9,10,11). The van der Waals surface area contributed by atoms with Crippen LogP contribution in [-0.2, 0) is 84.6 Å². The molecule has 0 aromatic carbocycles. The monoisotopic (exact) mass is 1680 g/mol. The number of anilines is 5. The molecule has 10 aromatic rings. The summed E-state index contributed by atoms with van der Waals surface area (Å²) in [5.74, 6) is 1.11. The van der Waals surface area contributed by atoms with Gasteiger partial charge in [-0.05, 0) is 82.9 Å². The summed E-state index contributed by atoms with van der Waals surface area (Å²) in [6.07, 6.45) is 2.59. The van der Waals surface area contributed by atoms with Crippen LogP contribution in [-0.4, -0.2) is 253 Å². The molecule has 10 aromatic heterocycles. The van der Waals surface area contributed by atoms with Gasteiger partial charge in [-0.15, -0.1) is 0 Å². The number of nitrogens with two attached hydrogens (primary N) is 5. The minimum absolute atomic E-state index is 0.0130. The molecule has 0 aliphatic heterocycles. The zero-order chi connectivity index (χ0) is 80.0. The molecule has 0 fully saturated rings. The predicted molar refractivity (Wildman–Crippen MR) is 401 cm³/mol. The number of nitrogen functional groups attached to an aromatic ring is 5. The number of hydrogen-bond donors (Lipinski definition) is 10. The first-order chi connectivity index (χ1) is 51.8. The number of fused-ring (bicyclic) bond motifs is 5. The lowest BCUT2D eigenvalue weighted by Crippen LogP contribution is -2.20. The third-order valence-corrected chi connectivity index (χ3v) is 18.2. The lowest BCUT2D eigenvalue weighted by molar-refractivity contribution is 0.0955. The maximum absolute atomic E-state index is 12.8. The van der Waals surface area contributed by atoms with Crippen LogP contribution in [0, 0.1) is 0 Å². The molecule has 0 atom stereocenters. The van der Waals surface area contributed by atoms with E-state index in [0.717, 1.165) is 0 Å². The van der Waals surface area contributed by atoms with Gasteiger partial charge in [0.1, 0.15) is 62.0 Å². The van der Waals surface area contributed by atoms with Gasteiger partial charge in [0.25, 0.3) is 0 Å². The van der Waals surface area contributed by atoms with Gasteiger partial charge in [-0.1, -0.05) is 0 Å². The highest BCUT2D eigenvalue weighted by Crippen LogP contribution is 2.51. The van der Waals surface area contributed by atoms with Crippen LogP contribution in [0.1, 0.15) is 55.4 Å². The number of rotatable bonds is 39. The van der Waals surface area contributed by atoms with Gasteiger partial charge in [-0.25, -0.2) is 24.7 Å². The van der Waals surface area contributed by atoms with Gasteiger partial charge in [-0.3, -0.25) is 18.3 Å². The molecule has 0 radical (unpaired) electrons. The van der Waals surface area contributed by atoms with E-state index in [1.165, 1.54) is 24.3 Å². The summed E-state index contributed by atoms with van der Waals surface area (Å²) in [6, 6.07) is 0.478. The molecule has 0 saturated carbocycles. The summed E-state index contributed by atoms with van der Waals surface area (Å²) in [7, 11) is -4.70. The highest BCUT2D eigenvalue weighted by molar-refractivity contribution is 9.10. The van der Waals surface area contributed by atoms with Gasteiger partial charge in [0.15, 0.2) is 73.1 Å². The molecule has 46 nitrogen and oxygen atoms in total. The first-order valence-corrected chi connectivity index (χ1v) is 39.4. The Balaban J connectivity index is 0.000000221. The largest absolute Gasteiger partial charge is 0.461 e. The molecule has 10 heterocycles. The molecule has 0 spiro atoms. The third-order valence-electron chi connectivity index (χ3n) is 12.9. The fraction of sp³-hybridized carbons (Fsp3) is 0.569. The van der Waals surface area contributed by atoms with Crippen molar-refractivity contribution in [3.63, 3.8) is 0 Å². The lowest BCUT2D eigenvalue weighted by Gasteiger charge is -2.22. The molecule has 0 amide bonds. The number of ether oxygens (including phenoxy) is 11. The Morgan fingerprint density at radius 2 is 0.853 bits per heavy atom. The van der Waals surface area contributed by atoms with Crippen LogP contribution in [0.25, 0.3) is 55.8 Å². The van der Waals surface area contributed by atoms with E-state index < -0.39 is 34.8 Å². The van der Waals surface area contributed by atoms with Gasteiger partial charge in [0.2, 0.25) is 5.28 Å². The Bertz CT molecular complexity index is 4650. The van der Waals surface area contributed by atoms with Gasteiger partial charge in [-0.2, -0.15) is 49.8 Å². The van der Waals surface area contributed by atoms with E-state index in [-0.39, 0.29) is 128 Å². The van der Waals surface area contributed by atoms with Gasteiger partial charge in [0.05, 0.1) is 103 Å². The number of nitrogens with one attached hydrogen (secondary N) is 3. The maximum Gasteiger partial charge on any atom is 0.356 e. The van der Waals surface area contributed by atoms with Crippen molar-refractivity contribution < 1.29 is 93.7 Å². The second-order valence-corrected chi connectivity index (χ2v) is 29.7. The molecule has 0 aliphatic carbocycles. The Labute approximate surface area is 636 Å². The predicted octanol–water partition coefficient (Wildman–Crippen LogP) is 5.09. The van der Waals surface area contributed by atoms with Crippen LogP contribution in [0.5, 0.6) is 24.0 Å². The van der Waals surface area contributed by atoms with Crippen LogP contribution in [0.2, 0.25) is 5.28 Å². The zero-order valence-corrected chi connectivity index (χ0v) is 66.8. The average molecular weight is 1680 g/mol. The maximum atomic E-state index is 12.8. The molecule has 109 heavy (non-hydrogen) atoms. The first-order valence-electron chi connectivity index (χ1n) is 33.0. The van der Waals surface area contributed by atoms with Crippen molar-refractivity contribution in [3.8, 4) is 24.0 Å². The van der Waals surface area contributed by atoms with Gasteiger partial charge in [0, 0.05) is 35.0 Å². The fourth-order valence-corrected chi connectivity index (χ4v) is 13.5. The number of aromatic amines is 3. The van der Waals surface area contributed by atoms with Gasteiger partial charge >= 0.3 is 52.5 Å². The highest BCUT2D eigenvalue weighted by Gasteiger charge is 2.30. The van der Waals surface area contributed by atoms with Crippen molar-refractivity contribution in [1.29, 1.82) is 0 Å². The van der Waals surface area contributed by atoms with E-state index in [1.54, 1.807) is 92.2 Å². The summed E-state index contributed by atoms with van der Waals surface area (Å²) in [4.78, 5) is 94.5. The Kier molecular flexibility index (Phi) is 36.1. The number of hydrogen-bond acceptors (Lipinski definition) is 38. The molecule has 0 aliphatic rings. The number of H-pyrrole nitrogens is 3. The zero-order valence-electron chi connectivity index (χ0n) is 61.8. The smallest absolute Gasteiger partial charge is 0.356 e. The second-order valence-electron chi connectivity index (χ2n) is 23.2. The molecular weight excluding hydrogens is 1590 g/mol.